The lowest BCUT2D eigenvalue weighted by Gasteiger charge is -2.23. The summed E-state index contributed by atoms with van der Waals surface area (Å²) in [5, 5.41) is 19.1. The van der Waals surface area contributed by atoms with Gasteiger partial charge in [-0.3, -0.25) is 4.79 Å². The Labute approximate surface area is 137 Å². The molecule has 1 atom stereocenters. The summed E-state index contributed by atoms with van der Waals surface area (Å²) >= 11 is 0. The van der Waals surface area contributed by atoms with Gasteiger partial charge in [0, 0.05) is 11.0 Å². The summed E-state index contributed by atoms with van der Waals surface area (Å²) in [5.41, 5.74) is 3.20. The van der Waals surface area contributed by atoms with E-state index in [1.807, 2.05) is 33.8 Å². The third kappa shape index (κ3) is 3.24. The maximum Gasteiger partial charge on any atom is 0.169 e. The molecular formula is C20H24O3. The average Bonchev–Trinajstić information content (AvgIpc) is 2.75. The number of benzene rings is 2. The van der Waals surface area contributed by atoms with Gasteiger partial charge in [-0.25, -0.2) is 0 Å². The minimum atomic E-state index is -0.488. The van der Waals surface area contributed by atoms with Gasteiger partial charge in [0.1, 0.15) is 11.5 Å². The Morgan fingerprint density at radius 2 is 1.65 bits per heavy atom. The fraction of sp³-hybridized carbons (Fsp3) is 0.350. The molecule has 3 rings (SSSR count). The van der Waals surface area contributed by atoms with Crippen LogP contribution in [0.25, 0.3) is 0 Å². The highest BCUT2D eigenvalue weighted by molar-refractivity contribution is 6.05. The second-order valence-corrected chi connectivity index (χ2v) is 6.20. The number of rotatable bonds is 2. The summed E-state index contributed by atoms with van der Waals surface area (Å²) in [5.74, 6) is 0.573. The Morgan fingerprint density at radius 3 is 2.30 bits per heavy atom. The maximum absolute atomic E-state index is 12.7. The number of phenols is 2. The smallest absolute Gasteiger partial charge is 0.169 e. The van der Waals surface area contributed by atoms with Crippen LogP contribution in [0.5, 0.6) is 11.5 Å². The topological polar surface area (TPSA) is 57.5 Å². The number of carbonyl (C=O) groups is 1. The van der Waals surface area contributed by atoms with Crippen LogP contribution in [0.2, 0.25) is 0 Å². The van der Waals surface area contributed by atoms with Crippen LogP contribution in [0.3, 0.4) is 0 Å². The van der Waals surface area contributed by atoms with Crippen LogP contribution < -0.4 is 0 Å². The molecular weight excluding hydrogens is 288 g/mol. The molecule has 0 radical (unpaired) electrons. The Morgan fingerprint density at radius 1 is 1.04 bits per heavy atom. The number of ketones is 1. The van der Waals surface area contributed by atoms with Crippen molar-refractivity contribution in [3.05, 3.63) is 58.7 Å². The average molecular weight is 312 g/mol. The molecule has 2 aromatic rings. The van der Waals surface area contributed by atoms with Crippen molar-refractivity contribution in [1.29, 1.82) is 0 Å². The third-order valence-electron chi connectivity index (χ3n) is 4.37. The van der Waals surface area contributed by atoms with E-state index in [4.69, 9.17) is 0 Å². The molecule has 1 aliphatic carbocycles. The van der Waals surface area contributed by atoms with Crippen molar-refractivity contribution in [1.82, 2.24) is 0 Å². The van der Waals surface area contributed by atoms with Gasteiger partial charge < -0.3 is 10.2 Å². The first-order chi connectivity index (χ1) is 10.9. The van der Waals surface area contributed by atoms with Gasteiger partial charge in [0.15, 0.2) is 5.78 Å². The quantitative estimate of drug-likeness (QED) is 0.863. The van der Waals surface area contributed by atoms with Gasteiger partial charge in [0.2, 0.25) is 0 Å². The lowest BCUT2D eigenvalue weighted by molar-refractivity contribution is 0.0842. The Balaban J connectivity index is 0.000000924. The molecule has 1 unspecified atom stereocenters. The molecule has 0 aromatic heterocycles. The van der Waals surface area contributed by atoms with Crippen LogP contribution in [-0.4, -0.2) is 16.0 Å². The van der Waals surface area contributed by atoms with E-state index in [9.17, 15) is 15.0 Å². The number of hydrogen-bond acceptors (Lipinski definition) is 3. The second-order valence-electron chi connectivity index (χ2n) is 6.20. The van der Waals surface area contributed by atoms with Gasteiger partial charge in [0.05, 0.1) is 0 Å². The summed E-state index contributed by atoms with van der Waals surface area (Å²) in [7, 11) is 0. The largest absolute Gasteiger partial charge is 0.508 e. The van der Waals surface area contributed by atoms with Crippen LogP contribution in [0.1, 0.15) is 47.8 Å². The van der Waals surface area contributed by atoms with E-state index in [1.165, 1.54) is 0 Å². The lowest BCUT2D eigenvalue weighted by Crippen LogP contribution is -2.27. The molecule has 0 fully saturated rings. The maximum atomic E-state index is 12.7. The zero-order valence-corrected chi connectivity index (χ0v) is 14.2. The normalized spacial score (nSPS) is 19.0. The van der Waals surface area contributed by atoms with Crippen LogP contribution >= 0.6 is 0 Å². The molecule has 0 bridgehead atoms. The van der Waals surface area contributed by atoms with Crippen LogP contribution in [0.15, 0.2) is 36.4 Å². The molecule has 3 heteroatoms. The molecule has 3 nitrogen and oxygen atoms in total. The third-order valence-corrected chi connectivity index (χ3v) is 4.37. The van der Waals surface area contributed by atoms with Crippen molar-refractivity contribution in [2.45, 2.75) is 40.5 Å². The summed E-state index contributed by atoms with van der Waals surface area (Å²) in [6.45, 7) is 7.91. The number of Topliss-reactive ketones (excluding diaryl/α,β-unsaturated/α-hetero) is 1. The fourth-order valence-corrected chi connectivity index (χ4v) is 3.22. The molecule has 0 saturated heterocycles. The Kier molecular flexibility index (Phi) is 4.79. The second kappa shape index (κ2) is 6.45. The molecule has 2 N–H and O–H groups in total. The lowest BCUT2D eigenvalue weighted by atomic mass is 9.79. The first kappa shape index (κ1) is 17.1. The molecule has 2 aromatic carbocycles. The first-order valence-corrected chi connectivity index (χ1v) is 8.04. The summed E-state index contributed by atoms with van der Waals surface area (Å²) in [6, 6.07) is 10.2. The predicted octanol–water partition coefficient (Wildman–Crippen LogP) is 4.42. The van der Waals surface area contributed by atoms with Crippen molar-refractivity contribution in [2.75, 3.05) is 0 Å². The highest BCUT2D eigenvalue weighted by Crippen LogP contribution is 2.41. The molecule has 1 aliphatic rings. The number of aryl methyl sites for hydroxylation is 1. The van der Waals surface area contributed by atoms with Crippen LogP contribution in [-0.2, 0) is 12.8 Å². The Hall–Kier alpha value is -2.29. The minimum absolute atomic E-state index is 0.130. The number of carbonyl (C=O) groups excluding carboxylic acids is 1. The SMILES string of the molecule is CC.Cc1cc(O)ccc1CC1(C)Cc2cc(O)ccc2C1=O. The van der Waals surface area contributed by atoms with E-state index < -0.39 is 5.41 Å². The van der Waals surface area contributed by atoms with Gasteiger partial charge in [-0.2, -0.15) is 0 Å². The monoisotopic (exact) mass is 312 g/mol. The van der Waals surface area contributed by atoms with Crippen LogP contribution in [0, 0.1) is 12.3 Å². The summed E-state index contributed by atoms with van der Waals surface area (Å²) in [6.07, 6.45) is 1.27. The fourth-order valence-electron chi connectivity index (χ4n) is 3.22. The van der Waals surface area contributed by atoms with Crippen molar-refractivity contribution < 1.29 is 15.0 Å². The predicted molar refractivity (Wildman–Crippen MR) is 92.1 cm³/mol. The van der Waals surface area contributed by atoms with Gasteiger partial charge in [-0.15, -0.1) is 0 Å². The van der Waals surface area contributed by atoms with E-state index >= 15 is 0 Å². The molecule has 0 saturated carbocycles. The summed E-state index contributed by atoms with van der Waals surface area (Å²) < 4.78 is 0. The Bertz CT molecular complexity index is 734. The molecule has 0 spiro atoms. The molecule has 23 heavy (non-hydrogen) atoms. The van der Waals surface area contributed by atoms with Crippen molar-refractivity contribution in [2.24, 2.45) is 5.41 Å². The van der Waals surface area contributed by atoms with E-state index in [0.717, 1.165) is 16.7 Å². The van der Waals surface area contributed by atoms with Crippen molar-refractivity contribution in [3.8, 4) is 11.5 Å². The van der Waals surface area contributed by atoms with Crippen LogP contribution in [0.4, 0.5) is 0 Å². The van der Waals surface area contributed by atoms with Gasteiger partial charge >= 0.3 is 0 Å². The minimum Gasteiger partial charge on any atom is -0.508 e. The van der Waals surface area contributed by atoms with E-state index in [0.29, 0.717) is 18.4 Å². The van der Waals surface area contributed by atoms with Gasteiger partial charge in [-0.1, -0.05) is 26.8 Å². The van der Waals surface area contributed by atoms with Gasteiger partial charge in [-0.05, 0) is 66.8 Å². The number of aromatic hydroxyl groups is 2. The molecule has 122 valence electrons. The molecule has 0 aliphatic heterocycles. The van der Waals surface area contributed by atoms with E-state index in [2.05, 4.69) is 0 Å². The highest BCUT2D eigenvalue weighted by Gasteiger charge is 2.41. The zero-order valence-electron chi connectivity index (χ0n) is 14.2. The first-order valence-electron chi connectivity index (χ1n) is 8.04. The number of hydrogen-bond donors (Lipinski definition) is 2. The van der Waals surface area contributed by atoms with E-state index in [1.54, 1.807) is 30.3 Å². The number of fused-ring (bicyclic) bond motifs is 1. The molecule has 0 heterocycles. The molecule has 0 amide bonds. The standard InChI is InChI=1S/C18H18O3.C2H6/c1-11-7-14(19)4-3-12(11)9-18(2)10-13-8-15(20)5-6-16(13)17(18)21;1-2/h3-8,19-20H,9-10H2,1-2H3;1-2H3. The zero-order chi connectivity index (χ0) is 17.2. The van der Waals surface area contributed by atoms with E-state index in [-0.39, 0.29) is 17.3 Å². The highest BCUT2D eigenvalue weighted by atomic mass is 16.3. The number of phenolic OH excluding ortho intramolecular Hbond substituents is 2. The van der Waals surface area contributed by atoms with Crippen molar-refractivity contribution in [3.63, 3.8) is 0 Å². The summed E-state index contributed by atoms with van der Waals surface area (Å²) in [4.78, 5) is 12.7. The van der Waals surface area contributed by atoms with Gasteiger partial charge in [0.25, 0.3) is 0 Å². The van der Waals surface area contributed by atoms with Crippen molar-refractivity contribution >= 4 is 5.78 Å².